The molecule has 1 aliphatic carbocycles. The predicted molar refractivity (Wildman–Crippen MR) is 65.8 cm³/mol. The standard InChI is InChI=1S/C14H18O3/c1-17-13-9-11(7-8-12(13)14(15)16)10-5-3-2-4-6-10/h7-10H,2-6H2,1H3,(H,15,16). The van der Waals surface area contributed by atoms with Crippen LogP contribution in [0.25, 0.3) is 0 Å². The Morgan fingerprint density at radius 3 is 2.59 bits per heavy atom. The van der Waals surface area contributed by atoms with Gasteiger partial charge in [0.05, 0.1) is 7.11 Å². The van der Waals surface area contributed by atoms with Gasteiger partial charge in [0.15, 0.2) is 0 Å². The molecule has 0 spiro atoms. The van der Waals surface area contributed by atoms with Crippen molar-refractivity contribution < 1.29 is 14.6 Å². The molecule has 1 aromatic carbocycles. The lowest BCUT2D eigenvalue weighted by Gasteiger charge is -2.22. The number of carboxylic acid groups (broad SMARTS) is 1. The van der Waals surface area contributed by atoms with E-state index < -0.39 is 5.97 Å². The van der Waals surface area contributed by atoms with Crippen molar-refractivity contribution in [3.63, 3.8) is 0 Å². The Kier molecular flexibility index (Phi) is 3.67. The second kappa shape index (κ2) is 5.21. The SMILES string of the molecule is COc1cc(C2CCCCC2)ccc1C(=O)O. The number of benzene rings is 1. The van der Waals surface area contributed by atoms with Gasteiger partial charge in [0.1, 0.15) is 11.3 Å². The Morgan fingerprint density at radius 1 is 1.29 bits per heavy atom. The van der Waals surface area contributed by atoms with Crippen molar-refractivity contribution in [1.82, 2.24) is 0 Å². The summed E-state index contributed by atoms with van der Waals surface area (Å²) < 4.78 is 5.16. The topological polar surface area (TPSA) is 46.5 Å². The largest absolute Gasteiger partial charge is 0.496 e. The van der Waals surface area contributed by atoms with E-state index >= 15 is 0 Å². The zero-order valence-electron chi connectivity index (χ0n) is 10.1. The van der Waals surface area contributed by atoms with E-state index in [4.69, 9.17) is 9.84 Å². The molecule has 3 heteroatoms. The van der Waals surface area contributed by atoms with Crippen molar-refractivity contribution in [1.29, 1.82) is 0 Å². The highest BCUT2D eigenvalue weighted by atomic mass is 16.5. The first-order valence-corrected chi connectivity index (χ1v) is 6.13. The highest BCUT2D eigenvalue weighted by molar-refractivity contribution is 5.91. The first-order valence-electron chi connectivity index (χ1n) is 6.13. The van der Waals surface area contributed by atoms with Gasteiger partial charge in [-0.25, -0.2) is 4.79 Å². The van der Waals surface area contributed by atoms with Crippen molar-refractivity contribution in [3.8, 4) is 5.75 Å². The maximum absolute atomic E-state index is 11.0. The molecule has 17 heavy (non-hydrogen) atoms. The summed E-state index contributed by atoms with van der Waals surface area (Å²) >= 11 is 0. The predicted octanol–water partition coefficient (Wildman–Crippen LogP) is 3.44. The molecule has 1 saturated carbocycles. The highest BCUT2D eigenvalue weighted by Crippen LogP contribution is 2.34. The maximum Gasteiger partial charge on any atom is 0.339 e. The van der Waals surface area contributed by atoms with Crippen LogP contribution in [-0.4, -0.2) is 18.2 Å². The van der Waals surface area contributed by atoms with Crippen LogP contribution in [-0.2, 0) is 0 Å². The number of methoxy groups -OCH3 is 1. The van der Waals surface area contributed by atoms with Gasteiger partial charge >= 0.3 is 5.97 Å². The molecule has 0 radical (unpaired) electrons. The van der Waals surface area contributed by atoms with Gasteiger partial charge in [0, 0.05) is 0 Å². The van der Waals surface area contributed by atoms with E-state index in [2.05, 4.69) is 0 Å². The van der Waals surface area contributed by atoms with E-state index in [1.165, 1.54) is 44.8 Å². The zero-order valence-corrected chi connectivity index (χ0v) is 10.1. The average molecular weight is 234 g/mol. The summed E-state index contributed by atoms with van der Waals surface area (Å²) in [7, 11) is 1.52. The van der Waals surface area contributed by atoms with E-state index in [-0.39, 0.29) is 5.56 Å². The number of carboxylic acids is 1. The fourth-order valence-electron chi connectivity index (χ4n) is 2.57. The minimum Gasteiger partial charge on any atom is -0.496 e. The van der Waals surface area contributed by atoms with E-state index in [9.17, 15) is 4.79 Å². The summed E-state index contributed by atoms with van der Waals surface area (Å²) in [6.45, 7) is 0. The van der Waals surface area contributed by atoms with Crippen molar-refractivity contribution in [2.75, 3.05) is 7.11 Å². The lowest BCUT2D eigenvalue weighted by Crippen LogP contribution is -2.06. The Bertz CT molecular complexity index is 406. The molecule has 0 aromatic heterocycles. The van der Waals surface area contributed by atoms with Crippen LogP contribution in [0.15, 0.2) is 18.2 Å². The lowest BCUT2D eigenvalue weighted by molar-refractivity contribution is 0.0693. The van der Waals surface area contributed by atoms with Crippen LogP contribution in [0.3, 0.4) is 0 Å². The molecule has 1 fully saturated rings. The van der Waals surface area contributed by atoms with Crippen molar-refractivity contribution in [3.05, 3.63) is 29.3 Å². The molecular formula is C14H18O3. The number of hydrogen-bond acceptors (Lipinski definition) is 2. The molecule has 0 aliphatic heterocycles. The Morgan fingerprint density at radius 2 is 2.00 bits per heavy atom. The molecule has 2 rings (SSSR count). The molecule has 0 saturated heterocycles. The van der Waals surface area contributed by atoms with Crippen molar-refractivity contribution >= 4 is 5.97 Å². The number of aromatic carboxylic acids is 1. The first kappa shape index (κ1) is 12.0. The van der Waals surface area contributed by atoms with E-state index in [1.807, 2.05) is 12.1 Å². The third-order valence-corrected chi connectivity index (χ3v) is 3.53. The third-order valence-electron chi connectivity index (χ3n) is 3.53. The summed E-state index contributed by atoms with van der Waals surface area (Å²) in [5.74, 6) is 0.109. The second-order valence-electron chi connectivity index (χ2n) is 4.60. The van der Waals surface area contributed by atoms with Gasteiger partial charge < -0.3 is 9.84 Å². The molecule has 1 N–H and O–H groups in total. The summed E-state index contributed by atoms with van der Waals surface area (Å²) in [6, 6.07) is 5.48. The van der Waals surface area contributed by atoms with Crippen LogP contribution in [0.4, 0.5) is 0 Å². The van der Waals surface area contributed by atoms with Gasteiger partial charge in [-0.2, -0.15) is 0 Å². The van der Waals surface area contributed by atoms with Crippen molar-refractivity contribution in [2.24, 2.45) is 0 Å². The van der Waals surface area contributed by atoms with Crippen LogP contribution in [0.5, 0.6) is 5.75 Å². The summed E-state index contributed by atoms with van der Waals surface area (Å²) in [5, 5.41) is 9.02. The molecule has 1 aliphatic rings. The van der Waals surface area contributed by atoms with Gasteiger partial charge in [-0.3, -0.25) is 0 Å². The monoisotopic (exact) mass is 234 g/mol. The van der Waals surface area contributed by atoms with Crippen molar-refractivity contribution in [2.45, 2.75) is 38.0 Å². The lowest BCUT2D eigenvalue weighted by atomic mass is 9.84. The van der Waals surface area contributed by atoms with Gasteiger partial charge in [0.2, 0.25) is 0 Å². The minimum atomic E-state index is -0.933. The minimum absolute atomic E-state index is 0.243. The molecule has 0 unspecified atom stereocenters. The summed E-state index contributed by atoms with van der Waals surface area (Å²) in [5.41, 5.74) is 1.46. The zero-order chi connectivity index (χ0) is 12.3. The van der Waals surface area contributed by atoms with Crippen LogP contribution < -0.4 is 4.74 Å². The van der Waals surface area contributed by atoms with E-state index in [1.54, 1.807) is 6.07 Å². The molecule has 1 aromatic rings. The Labute approximate surface area is 101 Å². The molecule has 0 bridgehead atoms. The van der Waals surface area contributed by atoms with Crippen LogP contribution >= 0.6 is 0 Å². The molecule has 3 nitrogen and oxygen atoms in total. The molecule has 92 valence electrons. The third kappa shape index (κ3) is 2.60. The van der Waals surface area contributed by atoms with Gasteiger partial charge in [0.25, 0.3) is 0 Å². The quantitative estimate of drug-likeness (QED) is 0.871. The normalized spacial score (nSPS) is 16.8. The van der Waals surface area contributed by atoms with Crippen LogP contribution in [0.2, 0.25) is 0 Å². The number of ether oxygens (including phenoxy) is 1. The number of rotatable bonds is 3. The number of carbonyl (C=O) groups is 1. The Balaban J connectivity index is 2.27. The van der Waals surface area contributed by atoms with Gasteiger partial charge in [-0.15, -0.1) is 0 Å². The molecule has 0 atom stereocenters. The maximum atomic E-state index is 11.0. The summed E-state index contributed by atoms with van der Waals surface area (Å²) in [6.07, 6.45) is 6.27. The van der Waals surface area contributed by atoms with Crippen LogP contribution in [0, 0.1) is 0 Å². The molecule has 0 heterocycles. The highest BCUT2D eigenvalue weighted by Gasteiger charge is 2.18. The fourth-order valence-corrected chi connectivity index (χ4v) is 2.57. The first-order chi connectivity index (χ1) is 8.22. The van der Waals surface area contributed by atoms with E-state index in [0.29, 0.717) is 11.7 Å². The smallest absolute Gasteiger partial charge is 0.339 e. The number of hydrogen-bond donors (Lipinski definition) is 1. The van der Waals surface area contributed by atoms with Crippen LogP contribution in [0.1, 0.15) is 53.9 Å². The second-order valence-corrected chi connectivity index (χ2v) is 4.60. The summed E-state index contributed by atoms with van der Waals surface area (Å²) in [4.78, 5) is 11.0. The Hall–Kier alpha value is -1.51. The molecular weight excluding hydrogens is 216 g/mol. The van der Waals surface area contributed by atoms with E-state index in [0.717, 1.165) is 0 Å². The van der Waals surface area contributed by atoms with Gasteiger partial charge in [-0.1, -0.05) is 25.3 Å². The fraction of sp³-hybridized carbons (Fsp3) is 0.500. The molecule has 0 amide bonds. The average Bonchev–Trinajstić information content (AvgIpc) is 2.39. The van der Waals surface area contributed by atoms with Gasteiger partial charge in [-0.05, 0) is 36.5 Å².